The van der Waals surface area contributed by atoms with E-state index in [2.05, 4.69) is 6.07 Å². The van der Waals surface area contributed by atoms with Gasteiger partial charge in [-0.25, -0.2) is 0 Å². The molecule has 1 aromatic rings. The lowest BCUT2D eigenvalue weighted by Crippen LogP contribution is -2.35. The second kappa shape index (κ2) is 4.88. The summed E-state index contributed by atoms with van der Waals surface area (Å²) < 4.78 is 0. The molecule has 0 saturated carbocycles. The fourth-order valence-corrected chi connectivity index (χ4v) is 2.31. The van der Waals surface area contributed by atoms with Crippen LogP contribution in [0, 0.1) is 0 Å². The zero-order chi connectivity index (χ0) is 11.5. The molecule has 2 nitrogen and oxygen atoms in total. The van der Waals surface area contributed by atoms with Crippen LogP contribution in [-0.2, 0) is 17.8 Å². The summed E-state index contributed by atoms with van der Waals surface area (Å²) in [7, 11) is 0. The molecule has 1 amide bonds. The predicted octanol–water partition coefficient (Wildman–Crippen LogP) is 3.02. The highest BCUT2D eigenvalue weighted by Crippen LogP contribution is 2.23. The first kappa shape index (κ1) is 11.5. The van der Waals surface area contributed by atoms with E-state index >= 15 is 0 Å². The normalized spacial score (nSPS) is 14.8. The quantitative estimate of drug-likeness (QED) is 0.774. The van der Waals surface area contributed by atoms with Crippen LogP contribution < -0.4 is 0 Å². The molecule has 0 unspecified atom stereocenters. The maximum Gasteiger partial charge on any atom is 0.222 e. The van der Waals surface area contributed by atoms with Gasteiger partial charge in [0.05, 0.1) is 0 Å². The molecule has 0 aromatic heterocycles. The molecule has 0 saturated heterocycles. The number of nitrogens with zero attached hydrogens (tertiary/aromatic N) is 1. The van der Waals surface area contributed by atoms with E-state index in [0.717, 1.165) is 24.4 Å². The third-order valence-corrected chi connectivity index (χ3v) is 3.23. The van der Waals surface area contributed by atoms with Crippen LogP contribution in [0.2, 0.25) is 5.02 Å². The van der Waals surface area contributed by atoms with Gasteiger partial charge in [0, 0.05) is 24.5 Å². The number of fused-ring (bicyclic) bond motifs is 1. The first-order valence-corrected chi connectivity index (χ1v) is 6.13. The molecule has 0 N–H and O–H groups in total. The van der Waals surface area contributed by atoms with Crippen molar-refractivity contribution >= 4 is 17.5 Å². The molecule has 0 spiro atoms. The van der Waals surface area contributed by atoms with Gasteiger partial charge < -0.3 is 4.90 Å². The Bertz CT molecular complexity index is 403. The van der Waals surface area contributed by atoms with Crippen molar-refractivity contribution in [2.75, 3.05) is 6.54 Å². The van der Waals surface area contributed by atoms with Crippen molar-refractivity contribution in [1.82, 2.24) is 4.90 Å². The highest BCUT2D eigenvalue weighted by Gasteiger charge is 2.19. The molecule has 2 rings (SSSR count). The molecule has 0 radical (unpaired) electrons. The van der Waals surface area contributed by atoms with Crippen molar-refractivity contribution in [2.45, 2.75) is 32.7 Å². The lowest BCUT2D eigenvalue weighted by atomic mass is 9.99. The second-order valence-electron chi connectivity index (χ2n) is 4.23. The van der Waals surface area contributed by atoms with Crippen molar-refractivity contribution in [1.29, 1.82) is 0 Å². The highest BCUT2D eigenvalue weighted by atomic mass is 35.5. The van der Waals surface area contributed by atoms with E-state index in [1.807, 2.05) is 24.0 Å². The number of benzene rings is 1. The van der Waals surface area contributed by atoms with Gasteiger partial charge in [0.1, 0.15) is 0 Å². The molecule has 3 heteroatoms. The second-order valence-corrected chi connectivity index (χ2v) is 4.66. The molecule has 0 bridgehead atoms. The average molecular weight is 238 g/mol. The molecular formula is C13H16ClNO. The molecule has 0 fully saturated rings. The molecule has 1 aliphatic heterocycles. The van der Waals surface area contributed by atoms with Crippen molar-refractivity contribution in [2.24, 2.45) is 0 Å². The van der Waals surface area contributed by atoms with Gasteiger partial charge in [-0.05, 0) is 36.1 Å². The number of carbonyl (C=O) groups excluding carboxylic acids is 1. The minimum atomic E-state index is 0.258. The van der Waals surface area contributed by atoms with Crippen LogP contribution in [0.1, 0.15) is 30.9 Å². The Labute approximate surface area is 101 Å². The van der Waals surface area contributed by atoms with Crippen molar-refractivity contribution in [3.05, 3.63) is 34.3 Å². The van der Waals surface area contributed by atoms with Crippen LogP contribution in [0.25, 0.3) is 0 Å². The fraction of sp³-hybridized carbons (Fsp3) is 0.462. The number of hydrogen-bond donors (Lipinski definition) is 0. The summed E-state index contributed by atoms with van der Waals surface area (Å²) in [6.45, 7) is 3.59. The standard InChI is InChI=1S/C13H16ClNO/c1-2-3-13(16)15-7-6-10-4-5-12(14)8-11(10)9-15/h4-5,8H,2-3,6-7,9H2,1H3. The number of rotatable bonds is 2. The lowest BCUT2D eigenvalue weighted by Gasteiger charge is -2.29. The Morgan fingerprint density at radius 3 is 3.00 bits per heavy atom. The predicted molar refractivity (Wildman–Crippen MR) is 65.5 cm³/mol. The van der Waals surface area contributed by atoms with Crippen LogP contribution in [0.3, 0.4) is 0 Å². The largest absolute Gasteiger partial charge is 0.338 e. The van der Waals surface area contributed by atoms with Gasteiger partial charge in [-0.1, -0.05) is 24.6 Å². The smallest absolute Gasteiger partial charge is 0.222 e. The zero-order valence-corrected chi connectivity index (χ0v) is 10.3. The Morgan fingerprint density at radius 1 is 1.44 bits per heavy atom. The van der Waals surface area contributed by atoms with Crippen LogP contribution in [0.4, 0.5) is 0 Å². The van der Waals surface area contributed by atoms with E-state index in [-0.39, 0.29) is 5.91 Å². The minimum Gasteiger partial charge on any atom is -0.338 e. The minimum absolute atomic E-state index is 0.258. The van der Waals surface area contributed by atoms with Gasteiger partial charge in [0.2, 0.25) is 5.91 Å². The SMILES string of the molecule is CCCC(=O)N1CCc2ccc(Cl)cc2C1. The number of halogens is 1. The Hall–Kier alpha value is -1.02. The Kier molecular flexibility index (Phi) is 3.49. The van der Waals surface area contributed by atoms with E-state index in [1.54, 1.807) is 0 Å². The summed E-state index contributed by atoms with van der Waals surface area (Å²) in [5.41, 5.74) is 2.52. The summed E-state index contributed by atoms with van der Waals surface area (Å²) >= 11 is 5.96. The fourth-order valence-electron chi connectivity index (χ4n) is 2.11. The molecule has 1 aliphatic rings. The van der Waals surface area contributed by atoms with Gasteiger partial charge >= 0.3 is 0 Å². The van der Waals surface area contributed by atoms with Crippen molar-refractivity contribution in [3.63, 3.8) is 0 Å². The number of hydrogen-bond acceptors (Lipinski definition) is 1. The van der Waals surface area contributed by atoms with E-state index in [9.17, 15) is 4.79 Å². The molecule has 86 valence electrons. The highest BCUT2D eigenvalue weighted by molar-refractivity contribution is 6.30. The van der Waals surface area contributed by atoms with Gasteiger partial charge in [-0.3, -0.25) is 4.79 Å². The van der Waals surface area contributed by atoms with E-state index < -0.39 is 0 Å². The molecule has 0 atom stereocenters. The maximum atomic E-state index is 11.8. The third kappa shape index (κ3) is 2.38. The van der Waals surface area contributed by atoms with E-state index in [0.29, 0.717) is 13.0 Å². The maximum absolute atomic E-state index is 11.8. The van der Waals surface area contributed by atoms with Gasteiger partial charge in [0.25, 0.3) is 0 Å². The molecule has 1 heterocycles. The Morgan fingerprint density at radius 2 is 2.25 bits per heavy atom. The Balaban J connectivity index is 2.13. The van der Waals surface area contributed by atoms with Gasteiger partial charge in [-0.2, -0.15) is 0 Å². The van der Waals surface area contributed by atoms with E-state index in [1.165, 1.54) is 11.1 Å². The van der Waals surface area contributed by atoms with Crippen LogP contribution in [-0.4, -0.2) is 17.4 Å². The summed E-state index contributed by atoms with van der Waals surface area (Å²) in [6.07, 6.45) is 2.51. The van der Waals surface area contributed by atoms with E-state index in [4.69, 9.17) is 11.6 Å². The lowest BCUT2D eigenvalue weighted by molar-refractivity contribution is -0.132. The zero-order valence-electron chi connectivity index (χ0n) is 9.50. The number of amides is 1. The number of carbonyl (C=O) groups is 1. The van der Waals surface area contributed by atoms with Gasteiger partial charge in [0.15, 0.2) is 0 Å². The summed E-state index contributed by atoms with van der Waals surface area (Å²) in [5.74, 6) is 0.258. The third-order valence-electron chi connectivity index (χ3n) is 3.00. The van der Waals surface area contributed by atoms with Crippen LogP contribution in [0.15, 0.2) is 18.2 Å². The van der Waals surface area contributed by atoms with Crippen LogP contribution >= 0.6 is 11.6 Å². The van der Waals surface area contributed by atoms with Gasteiger partial charge in [-0.15, -0.1) is 0 Å². The molecule has 1 aromatic carbocycles. The summed E-state index contributed by atoms with van der Waals surface area (Å²) in [4.78, 5) is 13.7. The summed E-state index contributed by atoms with van der Waals surface area (Å²) in [6, 6.07) is 5.96. The first-order chi connectivity index (χ1) is 7.70. The monoisotopic (exact) mass is 237 g/mol. The molecule has 0 aliphatic carbocycles. The molecular weight excluding hydrogens is 222 g/mol. The topological polar surface area (TPSA) is 20.3 Å². The van der Waals surface area contributed by atoms with Crippen molar-refractivity contribution < 1.29 is 4.79 Å². The summed E-state index contributed by atoms with van der Waals surface area (Å²) in [5, 5.41) is 0.753. The first-order valence-electron chi connectivity index (χ1n) is 5.75. The van der Waals surface area contributed by atoms with Crippen molar-refractivity contribution in [3.8, 4) is 0 Å². The molecule has 16 heavy (non-hydrogen) atoms. The van der Waals surface area contributed by atoms with Crippen LogP contribution in [0.5, 0.6) is 0 Å². The average Bonchev–Trinajstić information content (AvgIpc) is 2.28.